The quantitative estimate of drug-likeness (QED) is 0.563. The summed E-state index contributed by atoms with van der Waals surface area (Å²) in [6, 6.07) is 11.6. The van der Waals surface area contributed by atoms with Crippen LogP contribution >= 0.6 is 0 Å². The number of ether oxygens (including phenoxy) is 1. The van der Waals surface area contributed by atoms with Gasteiger partial charge in [-0.3, -0.25) is 4.79 Å². The molecule has 0 saturated carbocycles. The largest absolute Gasteiger partial charge is 0.494 e. The lowest BCUT2D eigenvalue weighted by molar-refractivity contribution is -0.116. The number of hydrogen-bond acceptors (Lipinski definition) is 6. The summed E-state index contributed by atoms with van der Waals surface area (Å²) in [5.74, 6) is 2.54. The van der Waals surface area contributed by atoms with Gasteiger partial charge in [0.15, 0.2) is 17.3 Å². The van der Waals surface area contributed by atoms with Gasteiger partial charge in [0.05, 0.1) is 12.3 Å². The summed E-state index contributed by atoms with van der Waals surface area (Å²) < 4.78 is 9.00. The molecule has 0 saturated heterocycles. The zero-order chi connectivity index (χ0) is 20.8. The molecular formula is C21H21N7O2. The van der Waals surface area contributed by atoms with E-state index in [2.05, 4.69) is 20.6 Å². The van der Waals surface area contributed by atoms with Crippen molar-refractivity contribution in [2.24, 2.45) is 0 Å². The van der Waals surface area contributed by atoms with Crippen molar-refractivity contribution in [3.63, 3.8) is 0 Å². The molecule has 0 unspecified atom stereocenters. The first-order valence-electron chi connectivity index (χ1n) is 9.86. The van der Waals surface area contributed by atoms with Crippen molar-refractivity contribution < 1.29 is 9.53 Å². The molecule has 3 aromatic heterocycles. The highest BCUT2D eigenvalue weighted by Gasteiger charge is 2.33. The fraction of sp³-hybridized carbons (Fsp3) is 0.286. The highest BCUT2D eigenvalue weighted by molar-refractivity contribution is 5.95. The molecular weight excluding hydrogens is 382 g/mol. The molecule has 152 valence electrons. The molecule has 5 rings (SSSR count). The maximum Gasteiger partial charge on any atom is 0.226 e. The first kappa shape index (κ1) is 18.3. The molecule has 0 spiro atoms. The van der Waals surface area contributed by atoms with Crippen molar-refractivity contribution in [2.45, 2.75) is 33.1 Å². The minimum absolute atomic E-state index is 0.0583. The molecule has 9 heteroatoms. The number of benzene rings is 1. The molecule has 9 nitrogen and oxygen atoms in total. The number of rotatable bonds is 4. The highest BCUT2D eigenvalue weighted by atomic mass is 16.5. The Hall–Kier alpha value is -3.75. The van der Waals surface area contributed by atoms with E-state index in [4.69, 9.17) is 9.84 Å². The molecule has 4 heterocycles. The molecule has 0 bridgehead atoms. The van der Waals surface area contributed by atoms with Gasteiger partial charge in [0.2, 0.25) is 5.91 Å². The number of hydrogen-bond donors (Lipinski definition) is 1. The van der Waals surface area contributed by atoms with E-state index in [-0.39, 0.29) is 11.8 Å². The average molecular weight is 403 g/mol. The maximum absolute atomic E-state index is 12.6. The Balaban J connectivity index is 1.64. The summed E-state index contributed by atoms with van der Waals surface area (Å²) in [7, 11) is 0. The number of carbonyl (C=O) groups excluding carboxylic acids is 1. The number of nitrogens with one attached hydrogen (secondary N) is 1. The van der Waals surface area contributed by atoms with Crippen LogP contribution in [0.1, 0.15) is 41.9 Å². The van der Waals surface area contributed by atoms with E-state index in [1.54, 1.807) is 9.20 Å². The van der Waals surface area contributed by atoms with Gasteiger partial charge in [-0.1, -0.05) is 12.1 Å². The van der Waals surface area contributed by atoms with E-state index < -0.39 is 0 Å². The van der Waals surface area contributed by atoms with Gasteiger partial charge in [-0.2, -0.15) is 14.3 Å². The second-order valence-electron chi connectivity index (χ2n) is 7.28. The van der Waals surface area contributed by atoms with E-state index in [1.165, 1.54) is 0 Å². The number of nitrogens with zero attached hydrogens (tertiary/aromatic N) is 6. The molecule has 0 fully saturated rings. The number of amides is 1. The van der Waals surface area contributed by atoms with Gasteiger partial charge < -0.3 is 10.1 Å². The van der Waals surface area contributed by atoms with E-state index in [1.807, 2.05) is 57.2 Å². The Morgan fingerprint density at radius 3 is 2.87 bits per heavy atom. The maximum atomic E-state index is 12.6. The number of aromatic nitrogens is 6. The summed E-state index contributed by atoms with van der Waals surface area (Å²) in [6.07, 6.45) is 0.353. The smallest absolute Gasteiger partial charge is 0.226 e. The van der Waals surface area contributed by atoms with Crippen molar-refractivity contribution in [3.8, 4) is 11.6 Å². The lowest BCUT2D eigenvalue weighted by Gasteiger charge is -2.24. The van der Waals surface area contributed by atoms with E-state index >= 15 is 0 Å². The average Bonchev–Trinajstić information content (AvgIpc) is 3.27. The molecule has 1 aliphatic rings. The van der Waals surface area contributed by atoms with Crippen molar-refractivity contribution >= 4 is 17.4 Å². The van der Waals surface area contributed by atoms with Gasteiger partial charge in [-0.05, 0) is 50.6 Å². The summed E-state index contributed by atoms with van der Waals surface area (Å²) in [5.41, 5.74) is 3.52. The van der Waals surface area contributed by atoms with Gasteiger partial charge in [0.1, 0.15) is 11.6 Å². The second-order valence-corrected chi connectivity index (χ2v) is 7.28. The predicted octanol–water partition coefficient (Wildman–Crippen LogP) is 2.80. The zero-order valence-corrected chi connectivity index (χ0v) is 17.0. The van der Waals surface area contributed by atoms with E-state index in [0.29, 0.717) is 36.1 Å². The molecule has 1 aromatic carbocycles. The van der Waals surface area contributed by atoms with Gasteiger partial charge in [0, 0.05) is 17.9 Å². The summed E-state index contributed by atoms with van der Waals surface area (Å²) in [6.45, 7) is 6.33. The predicted molar refractivity (Wildman–Crippen MR) is 110 cm³/mol. The number of fused-ring (bicyclic) bond motifs is 2. The van der Waals surface area contributed by atoms with Crippen LogP contribution < -0.4 is 10.1 Å². The monoisotopic (exact) mass is 403 g/mol. The Labute approximate surface area is 172 Å². The van der Waals surface area contributed by atoms with Gasteiger partial charge >= 0.3 is 0 Å². The van der Waals surface area contributed by atoms with Crippen molar-refractivity contribution in [2.75, 3.05) is 11.9 Å². The second kappa shape index (κ2) is 6.94. The molecule has 1 N–H and O–H groups in total. The van der Waals surface area contributed by atoms with Gasteiger partial charge in [0.25, 0.3) is 0 Å². The Morgan fingerprint density at radius 2 is 2.03 bits per heavy atom. The third kappa shape index (κ3) is 2.90. The summed E-state index contributed by atoms with van der Waals surface area (Å²) in [5, 5.41) is 20.4. The summed E-state index contributed by atoms with van der Waals surface area (Å²) in [4.78, 5) is 12.6. The topological polar surface area (TPSA) is 99.2 Å². The highest BCUT2D eigenvalue weighted by Crippen LogP contribution is 2.40. The van der Waals surface area contributed by atoms with Crippen LogP contribution in [0.3, 0.4) is 0 Å². The normalized spacial score (nSPS) is 15.8. The standard InChI is InChI=1S/C21H21N7O2/c1-4-30-15-7-5-6-14(10-15)16-11-19(29)22-21-20(16)12(2)25-28(21)18-9-8-17-24-23-13(3)27(17)26-18/h5-10,16H,4,11H2,1-3H3,(H,22,29)/t16-/m0/s1. The van der Waals surface area contributed by atoms with Crippen LogP contribution in [0.4, 0.5) is 5.82 Å². The third-order valence-corrected chi connectivity index (χ3v) is 5.30. The fourth-order valence-electron chi connectivity index (χ4n) is 3.98. The first-order chi connectivity index (χ1) is 14.5. The minimum Gasteiger partial charge on any atom is -0.494 e. The Kier molecular flexibility index (Phi) is 4.23. The number of anilines is 1. The van der Waals surface area contributed by atoms with Crippen molar-refractivity contribution in [1.29, 1.82) is 0 Å². The van der Waals surface area contributed by atoms with Crippen LogP contribution in [0.15, 0.2) is 36.4 Å². The SMILES string of the molecule is CCOc1cccc([C@@H]2CC(=O)Nc3c2c(C)nn3-c2ccc3nnc(C)n3n2)c1. The summed E-state index contributed by atoms with van der Waals surface area (Å²) >= 11 is 0. The van der Waals surface area contributed by atoms with Crippen LogP contribution in [0, 0.1) is 13.8 Å². The van der Waals surface area contributed by atoms with E-state index in [0.717, 1.165) is 22.6 Å². The molecule has 0 aliphatic carbocycles. The fourth-order valence-corrected chi connectivity index (χ4v) is 3.98. The molecule has 0 radical (unpaired) electrons. The zero-order valence-electron chi connectivity index (χ0n) is 17.0. The minimum atomic E-state index is -0.108. The van der Waals surface area contributed by atoms with Gasteiger partial charge in [-0.25, -0.2) is 0 Å². The van der Waals surface area contributed by atoms with Crippen molar-refractivity contribution in [1.82, 2.24) is 29.6 Å². The van der Waals surface area contributed by atoms with Crippen LogP contribution in [-0.2, 0) is 4.79 Å². The molecule has 1 atom stereocenters. The third-order valence-electron chi connectivity index (χ3n) is 5.30. The molecule has 1 amide bonds. The Bertz CT molecular complexity index is 1270. The lowest BCUT2D eigenvalue weighted by atomic mass is 9.86. The molecule has 1 aliphatic heterocycles. The molecule has 4 aromatic rings. The molecule has 30 heavy (non-hydrogen) atoms. The van der Waals surface area contributed by atoms with Crippen molar-refractivity contribution in [3.05, 3.63) is 59.0 Å². The Morgan fingerprint density at radius 1 is 1.17 bits per heavy atom. The van der Waals surface area contributed by atoms with Gasteiger partial charge in [-0.15, -0.1) is 15.3 Å². The lowest BCUT2D eigenvalue weighted by Crippen LogP contribution is -2.25. The van der Waals surface area contributed by atoms with Crippen LogP contribution in [0.2, 0.25) is 0 Å². The van der Waals surface area contributed by atoms with Crippen LogP contribution in [0.25, 0.3) is 11.5 Å². The number of carbonyl (C=O) groups is 1. The van der Waals surface area contributed by atoms with E-state index in [9.17, 15) is 4.79 Å². The number of aryl methyl sites for hydroxylation is 2. The van der Waals surface area contributed by atoms with Crippen LogP contribution in [0.5, 0.6) is 5.75 Å². The first-order valence-corrected chi connectivity index (χ1v) is 9.86. The van der Waals surface area contributed by atoms with Crippen LogP contribution in [-0.4, -0.2) is 42.1 Å².